The van der Waals surface area contributed by atoms with E-state index in [-0.39, 0.29) is 6.03 Å². The number of amides is 2. The Labute approximate surface area is 135 Å². The first-order valence-corrected chi connectivity index (χ1v) is 7.78. The van der Waals surface area contributed by atoms with E-state index >= 15 is 0 Å². The van der Waals surface area contributed by atoms with E-state index in [4.69, 9.17) is 4.74 Å². The van der Waals surface area contributed by atoms with Crippen LogP contribution in [-0.2, 0) is 0 Å². The molecule has 0 spiro atoms. The Morgan fingerprint density at radius 1 is 1.13 bits per heavy atom. The molecule has 1 aliphatic rings. The molecular formula is C18H20N2O3. The molecule has 2 N–H and O–H groups in total. The summed E-state index contributed by atoms with van der Waals surface area (Å²) >= 11 is 0. The van der Waals surface area contributed by atoms with Crippen LogP contribution in [0, 0.1) is 0 Å². The molecule has 120 valence electrons. The van der Waals surface area contributed by atoms with Crippen LogP contribution < -0.4 is 10.1 Å². The van der Waals surface area contributed by atoms with Gasteiger partial charge in [-0.3, -0.25) is 0 Å². The predicted molar refractivity (Wildman–Crippen MR) is 88.8 cm³/mol. The van der Waals surface area contributed by atoms with Crippen molar-refractivity contribution in [3.8, 4) is 11.5 Å². The first-order valence-electron chi connectivity index (χ1n) is 7.78. The van der Waals surface area contributed by atoms with Gasteiger partial charge in [-0.15, -0.1) is 0 Å². The SMILES string of the molecule is O=C(Nc1cccc(Oc2ccccc2)c1)N1CCC[C@@H](O)C1. The minimum Gasteiger partial charge on any atom is -0.457 e. The lowest BCUT2D eigenvalue weighted by atomic mass is 10.1. The molecule has 2 aromatic carbocycles. The molecule has 1 saturated heterocycles. The van der Waals surface area contributed by atoms with Gasteiger partial charge in [-0.05, 0) is 37.1 Å². The second-order valence-corrected chi connectivity index (χ2v) is 5.62. The normalized spacial score (nSPS) is 17.6. The molecule has 2 aromatic rings. The van der Waals surface area contributed by atoms with Crippen LogP contribution in [0.2, 0.25) is 0 Å². The number of nitrogens with zero attached hydrogens (tertiary/aromatic N) is 1. The van der Waals surface area contributed by atoms with Gasteiger partial charge in [-0.25, -0.2) is 4.79 Å². The number of benzene rings is 2. The van der Waals surface area contributed by atoms with Crippen LogP contribution in [0.3, 0.4) is 0 Å². The van der Waals surface area contributed by atoms with Crippen LogP contribution in [0.15, 0.2) is 54.6 Å². The summed E-state index contributed by atoms with van der Waals surface area (Å²) in [5.41, 5.74) is 0.670. The summed E-state index contributed by atoms with van der Waals surface area (Å²) in [4.78, 5) is 13.9. The molecule has 1 aliphatic heterocycles. The fraction of sp³-hybridized carbons (Fsp3) is 0.278. The smallest absolute Gasteiger partial charge is 0.321 e. The lowest BCUT2D eigenvalue weighted by Gasteiger charge is -2.30. The Morgan fingerprint density at radius 3 is 2.70 bits per heavy atom. The van der Waals surface area contributed by atoms with Crippen LogP contribution in [0.5, 0.6) is 11.5 Å². The van der Waals surface area contributed by atoms with Crippen molar-refractivity contribution in [2.24, 2.45) is 0 Å². The third-order valence-electron chi connectivity index (χ3n) is 3.75. The Balaban J connectivity index is 1.64. The van der Waals surface area contributed by atoms with Crippen LogP contribution in [0.1, 0.15) is 12.8 Å². The van der Waals surface area contributed by atoms with Crippen molar-refractivity contribution in [2.45, 2.75) is 18.9 Å². The number of nitrogens with one attached hydrogen (secondary N) is 1. The summed E-state index contributed by atoms with van der Waals surface area (Å²) in [6.45, 7) is 1.05. The number of para-hydroxylation sites is 1. The van der Waals surface area contributed by atoms with Gasteiger partial charge in [0, 0.05) is 24.8 Å². The molecule has 1 heterocycles. The standard InChI is InChI=1S/C18H20N2O3/c21-15-7-5-11-20(13-15)18(22)19-14-6-4-10-17(12-14)23-16-8-2-1-3-9-16/h1-4,6,8-10,12,15,21H,5,7,11,13H2,(H,19,22)/t15-/m1/s1. The van der Waals surface area contributed by atoms with Crippen molar-refractivity contribution < 1.29 is 14.6 Å². The largest absolute Gasteiger partial charge is 0.457 e. The molecular weight excluding hydrogens is 292 g/mol. The first kappa shape index (κ1) is 15.4. The highest BCUT2D eigenvalue weighted by molar-refractivity contribution is 5.89. The summed E-state index contributed by atoms with van der Waals surface area (Å²) in [6, 6.07) is 16.6. The highest BCUT2D eigenvalue weighted by Crippen LogP contribution is 2.24. The van der Waals surface area contributed by atoms with Crippen LogP contribution in [0.25, 0.3) is 0 Å². The van der Waals surface area contributed by atoms with Gasteiger partial charge in [0.15, 0.2) is 0 Å². The number of rotatable bonds is 3. The predicted octanol–water partition coefficient (Wildman–Crippen LogP) is 3.47. The van der Waals surface area contributed by atoms with E-state index in [0.717, 1.165) is 18.6 Å². The number of aliphatic hydroxyl groups is 1. The number of ether oxygens (including phenoxy) is 1. The summed E-state index contributed by atoms with van der Waals surface area (Å²) in [6.07, 6.45) is 1.15. The maximum absolute atomic E-state index is 12.2. The Morgan fingerprint density at radius 2 is 1.91 bits per heavy atom. The quantitative estimate of drug-likeness (QED) is 0.912. The van der Waals surface area contributed by atoms with Gasteiger partial charge in [0.05, 0.1) is 6.10 Å². The Kier molecular flexibility index (Phi) is 4.78. The molecule has 5 heteroatoms. The third kappa shape index (κ3) is 4.23. The number of carbonyl (C=O) groups is 1. The van der Waals surface area contributed by atoms with Crippen molar-refractivity contribution in [1.82, 2.24) is 4.90 Å². The van der Waals surface area contributed by atoms with Crippen molar-refractivity contribution in [2.75, 3.05) is 18.4 Å². The van der Waals surface area contributed by atoms with Crippen LogP contribution >= 0.6 is 0 Å². The molecule has 0 aliphatic carbocycles. The van der Waals surface area contributed by atoms with Gasteiger partial charge in [0.1, 0.15) is 11.5 Å². The number of aliphatic hydroxyl groups excluding tert-OH is 1. The maximum Gasteiger partial charge on any atom is 0.321 e. The topological polar surface area (TPSA) is 61.8 Å². The molecule has 0 radical (unpaired) electrons. The molecule has 1 fully saturated rings. The van der Waals surface area contributed by atoms with Crippen molar-refractivity contribution in [1.29, 1.82) is 0 Å². The molecule has 2 amide bonds. The fourth-order valence-corrected chi connectivity index (χ4v) is 2.60. The highest BCUT2D eigenvalue weighted by Gasteiger charge is 2.22. The maximum atomic E-state index is 12.2. The molecule has 0 saturated carbocycles. The monoisotopic (exact) mass is 312 g/mol. The van der Waals surface area contributed by atoms with Crippen LogP contribution in [-0.4, -0.2) is 35.2 Å². The fourth-order valence-electron chi connectivity index (χ4n) is 2.60. The molecule has 0 unspecified atom stereocenters. The number of urea groups is 1. The van der Waals surface area contributed by atoms with Crippen molar-refractivity contribution >= 4 is 11.7 Å². The minimum atomic E-state index is -0.428. The van der Waals surface area contributed by atoms with Crippen LogP contribution in [0.4, 0.5) is 10.5 Å². The summed E-state index contributed by atoms with van der Waals surface area (Å²) < 4.78 is 5.76. The zero-order valence-corrected chi connectivity index (χ0v) is 12.8. The second kappa shape index (κ2) is 7.15. The van der Waals surface area contributed by atoms with Gasteiger partial charge in [0.25, 0.3) is 0 Å². The number of piperidine rings is 1. The number of hydrogen-bond acceptors (Lipinski definition) is 3. The lowest BCUT2D eigenvalue weighted by Crippen LogP contribution is -2.44. The molecule has 0 bridgehead atoms. The second-order valence-electron chi connectivity index (χ2n) is 5.62. The average molecular weight is 312 g/mol. The number of anilines is 1. The van der Waals surface area contributed by atoms with Gasteiger partial charge in [0.2, 0.25) is 0 Å². The summed E-state index contributed by atoms with van der Waals surface area (Å²) in [5.74, 6) is 1.41. The highest BCUT2D eigenvalue weighted by atomic mass is 16.5. The zero-order chi connectivity index (χ0) is 16.1. The lowest BCUT2D eigenvalue weighted by molar-refractivity contribution is 0.0883. The summed E-state index contributed by atoms with van der Waals surface area (Å²) in [7, 11) is 0. The molecule has 0 aromatic heterocycles. The zero-order valence-electron chi connectivity index (χ0n) is 12.8. The van der Waals surface area contributed by atoms with Crippen molar-refractivity contribution in [3.05, 3.63) is 54.6 Å². The van der Waals surface area contributed by atoms with E-state index in [0.29, 0.717) is 24.5 Å². The Hall–Kier alpha value is -2.53. The summed E-state index contributed by atoms with van der Waals surface area (Å²) in [5, 5.41) is 12.5. The van der Waals surface area contributed by atoms with Crippen molar-refractivity contribution in [3.63, 3.8) is 0 Å². The molecule has 5 nitrogen and oxygen atoms in total. The first-order chi connectivity index (χ1) is 11.2. The van der Waals surface area contributed by atoms with E-state index in [9.17, 15) is 9.90 Å². The van der Waals surface area contributed by atoms with Gasteiger partial charge in [-0.1, -0.05) is 24.3 Å². The molecule has 1 atom stereocenters. The molecule has 3 rings (SSSR count). The minimum absolute atomic E-state index is 0.194. The van der Waals surface area contributed by atoms with Gasteiger partial charge in [-0.2, -0.15) is 0 Å². The van der Waals surface area contributed by atoms with E-state index in [1.54, 1.807) is 11.0 Å². The number of likely N-dealkylation sites (tertiary alicyclic amines) is 1. The van der Waals surface area contributed by atoms with Gasteiger partial charge < -0.3 is 20.1 Å². The van der Waals surface area contributed by atoms with Gasteiger partial charge >= 0.3 is 6.03 Å². The molecule has 23 heavy (non-hydrogen) atoms. The Bertz CT molecular complexity index is 660. The van der Waals surface area contributed by atoms with E-state index < -0.39 is 6.10 Å². The third-order valence-corrected chi connectivity index (χ3v) is 3.75. The van der Waals surface area contributed by atoms with E-state index in [1.807, 2.05) is 48.5 Å². The number of hydrogen-bond donors (Lipinski definition) is 2. The number of β-amino-alcohol motifs (C(OH)–C–C–N with tert-alkyl or cyclic N) is 1. The van der Waals surface area contributed by atoms with E-state index in [1.165, 1.54) is 0 Å². The van der Waals surface area contributed by atoms with E-state index in [2.05, 4.69) is 5.32 Å². The number of carbonyl (C=O) groups excluding carboxylic acids is 1. The average Bonchev–Trinajstić information content (AvgIpc) is 2.56.